The number of benzene rings is 2. The SMILES string of the molecule is Cc1cc(-n2ccnc2)c2cccc(OCc3c(Cl)ccc(S(=O)(=O)CN4CCCCC4C(N)=O)c3Cl)c2n1. The Kier molecular flexibility index (Phi) is 7.82. The molecule has 4 aromatic rings. The maximum absolute atomic E-state index is 13.4. The van der Waals surface area contributed by atoms with E-state index in [0.29, 0.717) is 29.8 Å². The number of nitrogens with two attached hydrogens (primary N) is 1. The Bertz CT molecular complexity index is 1640. The molecule has 0 spiro atoms. The molecule has 204 valence electrons. The molecule has 0 radical (unpaired) electrons. The number of amides is 1. The third-order valence-corrected chi connectivity index (χ3v) is 9.41. The van der Waals surface area contributed by atoms with Gasteiger partial charge >= 0.3 is 0 Å². The van der Waals surface area contributed by atoms with Crippen LogP contribution >= 0.6 is 23.2 Å². The molecule has 3 heterocycles. The van der Waals surface area contributed by atoms with E-state index in [2.05, 4.69) is 9.97 Å². The fraction of sp³-hybridized carbons (Fsp3) is 0.296. The zero-order chi connectivity index (χ0) is 27.7. The molecule has 1 aliphatic rings. The Morgan fingerprint density at radius 3 is 2.77 bits per heavy atom. The van der Waals surface area contributed by atoms with E-state index in [4.69, 9.17) is 33.7 Å². The predicted molar refractivity (Wildman–Crippen MR) is 150 cm³/mol. The largest absolute Gasteiger partial charge is 0.487 e. The van der Waals surface area contributed by atoms with Crippen molar-refractivity contribution in [2.45, 2.75) is 43.7 Å². The van der Waals surface area contributed by atoms with Gasteiger partial charge in [0.15, 0.2) is 9.84 Å². The normalized spacial score (nSPS) is 16.4. The number of aromatic nitrogens is 3. The highest BCUT2D eigenvalue weighted by molar-refractivity contribution is 7.91. The van der Waals surface area contributed by atoms with Gasteiger partial charge in [-0.25, -0.2) is 18.4 Å². The molecular formula is C27H27Cl2N5O4S. The van der Waals surface area contributed by atoms with Gasteiger partial charge in [-0.3, -0.25) is 9.69 Å². The predicted octanol–water partition coefficient (Wildman–Crippen LogP) is 4.69. The number of ether oxygens (including phenoxy) is 1. The van der Waals surface area contributed by atoms with Gasteiger partial charge in [0, 0.05) is 34.1 Å². The number of piperidine rings is 1. The van der Waals surface area contributed by atoms with Crippen molar-refractivity contribution in [1.82, 2.24) is 19.4 Å². The first-order chi connectivity index (χ1) is 18.7. The first-order valence-corrected chi connectivity index (χ1v) is 14.8. The number of carbonyl (C=O) groups is 1. The van der Waals surface area contributed by atoms with Crippen LogP contribution in [0.2, 0.25) is 10.0 Å². The van der Waals surface area contributed by atoms with E-state index in [0.717, 1.165) is 29.6 Å². The molecule has 1 unspecified atom stereocenters. The van der Waals surface area contributed by atoms with Crippen LogP contribution in [-0.4, -0.2) is 52.2 Å². The third-order valence-electron chi connectivity index (χ3n) is 6.83. The van der Waals surface area contributed by atoms with Crippen molar-refractivity contribution >= 4 is 49.8 Å². The van der Waals surface area contributed by atoms with Gasteiger partial charge in [0.1, 0.15) is 23.7 Å². The lowest BCUT2D eigenvalue weighted by molar-refractivity contribution is -0.123. The molecule has 2 aromatic heterocycles. The molecule has 1 amide bonds. The molecule has 0 bridgehead atoms. The van der Waals surface area contributed by atoms with Crippen LogP contribution in [0.15, 0.2) is 60.0 Å². The fourth-order valence-corrected chi connectivity index (χ4v) is 7.30. The lowest BCUT2D eigenvalue weighted by Gasteiger charge is -2.33. The van der Waals surface area contributed by atoms with E-state index in [9.17, 15) is 13.2 Å². The Balaban J connectivity index is 1.44. The molecule has 12 heteroatoms. The van der Waals surface area contributed by atoms with E-state index >= 15 is 0 Å². The first-order valence-electron chi connectivity index (χ1n) is 12.4. The minimum Gasteiger partial charge on any atom is -0.487 e. The number of carbonyl (C=O) groups excluding carboxylic acids is 1. The number of hydrogen-bond acceptors (Lipinski definition) is 7. The summed E-state index contributed by atoms with van der Waals surface area (Å²) in [6, 6.07) is 9.79. The number of pyridine rings is 1. The summed E-state index contributed by atoms with van der Waals surface area (Å²) in [5.41, 5.74) is 8.19. The summed E-state index contributed by atoms with van der Waals surface area (Å²) in [7, 11) is -3.90. The number of fused-ring (bicyclic) bond motifs is 1. The van der Waals surface area contributed by atoms with Gasteiger partial charge in [0.25, 0.3) is 0 Å². The number of rotatable bonds is 8. The fourth-order valence-electron chi connectivity index (χ4n) is 4.91. The van der Waals surface area contributed by atoms with Crippen LogP contribution in [0.3, 0.4) is 0 Å². The van der Waals surface area contributed by atoms with Gasteiger partial charge < -0.3 is 15.0 Å². The highest BCUT2D eigenvalue weighted by Crippen LogP contribution is 2.35. The topological polar surface area (TPSA) is 120 Å². The molecule has 9 nitrogen and oxygen atoms in total. The maximum Gasteiger partial charge on any atom is 0.234 e. The standard InChI is InChI=1S/C27H27Cl2N5O4S/c1-17-13-22(33-12-10-31-15-33)18-5-4-7-23(26(18)32-17)38-14-19-20(28)8-9-24(25(19)29)39(36,37)16-34-11-3-2-6-21(34)27(30)35/h4-5,7-10,12-13,15,21H,2-3,6,11,14,16H2,1H3,(H2,30,35). The van der Waals surface area contributed by atoms with Crippen LogP contribution in [0.25, 0.3) is 16.6 Å². The zero-order valence-corrected chi connectivity index (χ0v) is 23.5. The molecule has 1 saturated heterocycles. The lowest BCUT2D eigenvalue weighted by Crippen LogP contribution is -2.49. The van der Waals surface area contributed by atoms with Crippen molar-refractivity contribution in [3.63, 3.8) is 0 Å². The van der Waals surface area contributed by atoms with Crippen molar-refractivity contribution in [1.29, 1.82) is 0 Å². The average molecular weight is 589 g/mol. The van der Waals surface area contributed by atoms with Crippen molar-refractivity contribution in [3.8, 4) is 11.4 Å². The first kappa shape index (κ1) is 27.4. The summed E-state index contributed by atoms with van der Waals surface area (Å²) in [6.07, 6.45) is 7.39. The van der Waals surface area contributed by atoms with Crippen molar-refractivity contribution in [2.24, 2.45) is 5.73 Å². The molecule has 1 aliphatic heterocycles. The van der Waals surface area contributed by atoms with Crippen LogP contribution < -0.4 is 10.5 Å². The molecule has 0 aliphatic carbocycles. The van der Waals surface area contributed by atoms with Gasteiger partial charge in [-0.05, 0) is 50.6 Å². The van der Waals surface area contributed by atoms with E-state index in [-0.39, 0.29) is 27.4 Å². The summed E-state index contributed by atoms with van der Waals surface area (Å²) < 4.78 is 34.9. The molecular weight excluding hydrogens is 561 g/mol. The number of primary amides is 1. The van der Waals surface area contributed by atoms with Gasteiger partial charge in [-0.1, -0.05) is 41.8 Å². The summed E-state index contributed by atoms with van der Waals surface area (Å²) in [6.45, 7) is 2.27. The molecule has 1 atom stereocenters. The minimum atomic E-state index is -3.90. The van der Waals surface area contributed by atoms with E-state index in [1.807, 2.05) is 35.9 Å². The van der Waals surface area contributed by atoms with Gasteiger partial charge in [-0.15, -0.1) is 0 Å². The third kappa shape index (κ3) is 5.60. The van der Waals surface area contributed by atoms with Crippen LogP contribution in [0, 0.1) is 6.92 Å². The maximum atomic E-state index is 13.4. The smallest absolute Gasteiger partial charge is 0.234 e. The monoisotopic (exact) mass is 587 g/mol. The Morgan fingerprint density at radius 1 is 1.21 bits per heavy atom. The highest BCUT2D eigenvalue weighted by atomic mass is 35.5. The zero-order valence-electron chi connectivity index (χ0n) is 21.2. The average Bonchev–Trinajstić information content (AvgIpc) is 3.43. The molecule has 39 heavy (non-hydrogen) atoms. The minimum absolute atomic E-state index is 0.0152. The van der Waals surface area contributed by atoms with Crippen LogP contribution in [-0.2, 0) is 21.2 Å². The van der Waals surface area contributed by atoms with Gasteiger partial charge in [0.05, 0.1) is 28.0 Å². The number of aryl methyl sites for hydroxylation is 1. The number of para-hydroxylation sites is 1. The second-order valence-electron chi connectivity index (χ2n) is 9.50. The number of halogens is 2. The van der Waals surface area contributed by atoms with Crippen molar-refractivity contribution in [2.75, 3.05) is 12.4 Å². The lowest BCUT2D eigenvalue weighted by atomic mass is 10.0. The molecule has 0 saturated carbocycles. The number of hydrogen-bond donors (Lipinski definition) is 1. The summed E-state index contributed by atoms with van der Waals surface area (Å²) >= 11 is 13.1. The quantitative estimate of drug-likeness (QED) is 0.317. The summed E-state index contributed by atoms with van der Waals surface area (Å²) in [5, 5.41) is 1.11. The Morgan fingerprint density at radius 2 is 2.03 bits per heavy atom. The summed E-state index contributed by atoms with van der Waals surface area (Å²) in [5.74, 6) is -0.405. The van der Waals surface area contributed by atoms with Crippen molar-refractivity contribution in [3.05, 3.63) is 76.4 Å². The second-order valence-corrected chi connectivity index (χ2v) is 12.2. The van der Waals surface area contributed by atoms with Crippen LogP contribution in [0.1, 0.15) is 30.5 Å². The Hall–Kier alpha value is -3.18. The van der Waals surface area contributed by atoms with Crippen LogP contribution in [0.5, 0.6) is 5.75 Å². The summed E-state index contributed by atoms with van der Waals surface area (Å²) in [4.78, 5) is 22.2. The number of sulfone groups is 1. The van der Waals surface area contributed by atoms with Gasteiger partial charge in [0.2, 0.25) is 5.91 Å². The Labute approximate surface area is 236 Å². The van der Waals surface area contributed by atoms with Crippen LogP contribution in [0.4, 0.5) is 0 Å². The van der Waals surface area contributed by atoms with Crippen molar-refractivity contribution < 1.29 is 17.9 Å². The van der Waals surface area contributed by atoms with E-state index < -0.39 is 21.8 Å². The highest BCUT2D eigenvalue weighted by Gasteiger charge is 2.32. The van der Waals surface area contributed by atoms with Gasteiger partial charge in [-0.2, -0.15) is 0 Å². The number of likely N-dealkylation sites (tertiary alicyclic amines) is 1. The van der Waals surface area contributed by atoms with E-state index in [1.165, 1.54) is 12.1 Å². The number of imidazole rings is 1. The molecule has 5 rings (SSSR count). The molecule has 1 fully saturated rings. The second kappa shape index (κ2) is 11.1. The van der Waals surface area contributed by atoms with E-state index in [1.54, 1.807) is 23.5 Å². The molecule has 2 aromatic carbocycles. The molecule has 2 N–H and O–H groups in total. The number of nitrogens with zero attached hydrogens (tertiary/aromatic N) is 4.